The van der Waals surface area contributed by atoms with E-state index in [1.165, 1.54) is 0 Å². The maximum Gasteiger partial charge on any atom is 0.0870 e. The van der Waals surface area contributed by atoms with Gasteiger partial charge in [0.1, 0.15) is 0 Å². The molecule has 74 valence electrons. The van der Waals surface area contributed by atoms with E-state index in [4.69, 9.17) is 0 Å². The monoisotopic (exact) mass is 182 g/mol. The fourth-order valence-corrected chi connectivity index (χ4v) is 2.18. The highest BCUT2D eigenvalue weighted by Gasteiger charge is 2.33. The largest absolute Gasteiger partial charge is 0.239 e. The maximum atomic E-state index is 4.53. The van der Waals surface area contributed by atoms with E-state index in [0.717, 1.165) is 32.7 Å². The van der Waals surface area contributed by atoms with Crippen LogP contribution in [0.1, 0.15) is 13.8 Å². The number of piperazine rings is 1. The number of rotatable bonds is 1. The molecule has 2 radical (unpaired) electrons. The molecule has 4 heteroatoms. The van der Waals surface area contributed by atoms with Crippen LogP contribution in [0.2, 0.25) is 0 Å². The van der Waals surface area contributed by atoms with Gasteiger partial charge in [-0.1, -0.05) is 0 Å². The Morgan fingerprint density at radius 2 is 1.85 bits per heavy atom. The lowest BCUT2D eigenvalue weighted by molar-refractivity contribution is -0.0674. The lowest BCUT2D eigenvalue weighted by atomic mass is 10.3. The average Bonchev–Trinajstić information content (AvgIpc) is 2.48. The summed E-state index contributed by atoms with van der Waals surface area (Å²) in [4.78, 5) is 0. The average molecular weight is 182 g/mol. The van der Waals surface area contributed by atoms with E-state index < -0.39 is 0 Å². The van der Waals surface area contributed by atoms with Gasteiger partial charge >= 0.3 is 0 Å². The molecule has 0 bridgehead atoms. The van der Waals surface area contributed by atoms with Crippen molar-refractivity contribution in [2.75, 3.05) is 32.7 Å². The molecule has 2 fully saturated rings. The van der Waals surface area contributed by atoms with Crippen molar-refractivity contribution >= 4 is 0 Å². The van der Waals surface area contributed by atoms with Crippen LogP contribution >= 0.6 is 0 Å². The zero-order valence-corrected chi connectivity index (χ0v) is 8.48. The Kier molecular flexibility index (Phi) is 2.83. The third kappa shape index (κ3) is 1.86. The molecule has 0 aromatic heterocycles. The highest BCUT2D eigenvalue weighted by molar-refractivity contribution is 4.81. The summed E-state index contributed by atoms with van der Waals surface area (Å²) in [5.74, 6) is 0. The molecule has 0 aromatic rings. The van der Waals surface area contributed by atoms with Gasteiger partial charge in [-0.15, -0.1) is 0 Å². The smallest absolute Gasteiger partial charge is 0.0870 e. The molecule has 0 N–H and O–H groups in total. The lowest BCUT2D eigenvalue weighted by Gasteiger charge is -2.38. The first-order chi connectivity index (χ1) is 6.29. The van der Waals surface area contributed by atoms with E-state index >= 15 is 0 Å². The molecule has 0 saturated carbocycles. The van der Waals surface area contributed by atoms with Gasteiger partial charge in [0.2, 0.25) is 0 Å². The Morgan fingerprint density at radius 3 is 2.38 bits per heavy atom. The molecule has 0 amide bonds. The zero-order chi connectivity index (χ0) is 9.26. The van der Waals surface area contributed by atoms with E-state index in [1.54, 1.807) is 0 Å². The number of hydrogen-bond donors (Lipinski definition) is 0. The van der Waals surface area contributed by atoms with Crippen LogP contribution in [0.25, 0.3) is 0 Å². The predicted molar refractivity (Wildman–Crippen MR) is 51.2 cm³/mol. The van der Waals surface area contributed by atoms with Crippen molar-refractivity contribution in [2.45, 2.75) is 26.1 Å². The fraction of sp³-hybridized carbons (Fsp3) is 1.00. The van der Waals surface area contributed by atoms with Gasteiger partial charge in [-0.2, -0.15) is 0 Å². The summed E-state index contributed by atoms with van der Waals surface area (Å²) in [5, 5.41) is 13.7. The van der Waals surface area contributed by atoms with E-state index in [1.807, 2.05) is 0 Å². The normalized spacial score (nSPS) is 38.3. The third-order valence-corrected chi connectivity index (χ3v) is 2.83. The van der Waals surface area contributed by atoms with Crippen molar-refractivity contribution in [1.82, 2.24) is 20.7 Å². The second-order valence-corrected chi connectivity index (χ2v) is 3.85. The summed E-state index contributed by atoms with van der Waals surface area (Å²) in [6.45, 7) is 9.52. The maximum absolute atomic E-state index is 4.53. The van der Waals surface area contributed by atoms with Gasteiger partial charge in [-0.3, -0.25) is 0 Å². The van der Waals surface area contributed by atoms with Gasteiger partial charge in [0, 0.05) is 38.8 Å². The van der Waals surface area contributed by atoms with E-state index in [0.29, 0.717) is 12.2 Å². The summed E-state index contributed by atoms with van der Waals surface area (Å²) in [6, 6.07) is 0.577. The van der Waals surface area contributed by atoms with Gasteiger partial charge in [0.15, 0.2) is 0 Å². The van der Waals surface area contributed by atoms with Gasteiger partial charge in [-0.05, 0) is 13.8 Å². The van der Waals surface area contributed by atoms with E-state index in [-0.39, 0.29) is 0 Å². The van der Waals surface area contributed by atoms with Crippen LogP contribution in [0.15, 0.2) is 0 Å². The molecule has 2 atom stereocenters. The molecule has 2 aliphatic heterocycles. The predicted octanol–water partition coefficient (Wildman–Crippen LogP) is -0.524. The molecule has 2 rings (SSSR count). The Balaban J connectivity index is 1.96. The van der Waals surface area contributed by atoms with Crippen molar-refractivity contribution in [3.63, 3.8) is 0 Å². The second kappa shape index (κ2) is 3.92. The molecular weight excluding hydrogens is 164 g/mol. The molecule has 4 nitrogen and oxygen atoms in total. The van der Waals surface area contributed by atoms with E-state index in [2.05, 4.69) is 34.5 Å². The summed E-state index contributed by atoms with van der Waals surface area (Å²) in [5.41, 5.74) is 0. The van der Waals surface area contributed by atoms with Crippen LogP contribution in [0.5, 0.6) is 0 Å². The van der Waals surface area contributed by atoms with Gasteiger partial charge in [0.25, 0.3) is 0 Å². The van der Waals surface area contributed by atoms with Crippen molar-refractivity contribution in [2.24, 2.45) is 0 Å². The third-order valence-electron chi connectivity index (χ3n) is 2.83. The number of hydrogen-bond acceptors (Lipinski definition) is 2. The minimum Gasteiger partial charge on any atom is -0.239 e. The minimum atomic E-state index is 0.369. The highest BCUT2D eigenvalue weighted by atomic mass is 15.7. The van der Waals surface area contributed by atoms with Crippen LogP contribution in [0.4, 0.5) is 0 Å². The summed E-state index contributed by atoms with van der Waals surface area (Å²) in [7, 11) is 0. The minimum absolute atomic E-state index is 0.369. The topological polar surface area (TPSA) is 34.7 Å². The highest BCUT2D eigenvalue weighted by Crippen LogP contribution is 2.15. The molecule has 0 aromatic carbocycles. The summed E-state index contributed by atoms with van der Waals surface area (Å²) < 4.78 is 0. The van der Waals surface area contributed by atoms with Crippen LogP contribution in [-0.4, -0.2) is 54.9 Å². The van der Waals surface area contributed by atoms with Crippen LogP contribution in [-0.2, 0) is 0 Å². The van der Waals surface area contributed by atoms with Gasteiger partial charge < -0.3 is 0 Å². The van der Waals surface area contributed by atoms with Crippen LogP contribution < -0.4 is 10.6 Å². The fourth-order valence-electron chi connectivity index (χ4n) is 2.18. The molecule has 2 aliphatic rings. The first-order valence-corrected chi connectivity index (χ1v) is 5.12. The first kappa shape index (κ1) is 9.40. The molecule has 0 aliphatic carbocycles. The summed E-state index contributed by atoms with van der Waals surface area (Å²) in [6.07, 6.45) is 0.369. The number of nitrogens with zero attached hydrogens (tertiary/aromatic N) is 4. The molecule has 13 heavy (non-hydrogen) atoms. The SMILES string of the molecule is CC1C[N]C(C)N1N1CC[N]CC1. The standard InChI is InChI=1S/C9H18N4/c1-8-7-11-9(2)13(8)12-5-3-10-4-6-12/h8-9H,3-7H2,1-2H3. The molecule has 2 saturated heterocycles. The molecular formula is C9H18N4. The van der Waals surface area contributed by atoms with Gasteiger partial charge in [0.05, 0.1) is 6.17 Å². The lowest BCUT2D eigenvalue weighted by Crippen LogP contribution is -2.54. The zero-order valence-electron chi connectivity index (χ0n) is 8.48. The quantitative estimate of drug-likeness (QED) is 0.547. The Bertz CT molecular complexity index is 157. The van der Waals surface area contributed by atoms with Gasteiger partial charge in [-0.25, -0.2) is 20.7 Å². The molecule has 0 spiro atoms. The van der Waals surface area contributed by atoms with Crippen molar-refractivity contribution < 1.29 is 0 Å². The van der Waals surface area contributed by atoms with Crippen molar-refractivity contribution in [3.8, 4) is 0 Å². The molecule has 2 unspecified atom stereocenters. The Morgan fingerprint density at radius 1 is 1.15 bits per heavy atom. The van der Waals surface area contributed by atoms with Crippen molar-refractivity contribution in [3.05, 3.63) is 0 Å². The number of hydrazine groups is 1. The van der Waals surface area contributed by atoms with E-state index in [9.17, 15) is 0 Å². The second-order valence-electron chi connectivity index (χ2n) is 3.85. The first-order valence-electron chi connectivity index (χ1n) is 5.12. The van der Waals surface area contributed by atoms with Crippen molar-refractivity contribution in [1.29, 1.82) is 0 Å². The van der Waals surface area contributed by atoms with Crippen LogP contribution in [0.3, 0.4) is 0 Å². The Labute approximate surface area is 80.2 Å². The summed E-state index contributed by atoms with van der Waals surface area (Å²) >= 11 is 0. The van der Waals surface area contributed by atoms with Crippen LogP contribution in [0, 0.1) is 0 Å². The molecule has 2 heterocycles. The Hall–Kier alpha value is -0.160.